The first kappa shape index (κ1) is 20.8. The number of amides is 1. The van der Waals surface area contributed by atoms with Crippen molar-refractivity contribution in [2.45, 2.75) is 31.7 Å². The average Bonchev–Trinajstić information content (AvgIpc) is 2.67. The Morgan fingerprint density at radius 1 is 1.11 bits per heavy atom. The number of hydrogen-bond donors (Lipinski definition) is 1. The van der Waals surface area contributed by atoms with Gasteiger partial charge in [-0.3, -0.25) is 4.79 Å². The molecular weight excluding hydrogens is 362 g/mol. The van der Waals surface area contributed by atoms with Crippen molar-refractivity contribution in [1.29, 1.82) is 0 Å². The lowest BCUT2D eigenvalue weighted by Crippen LogP contribution is -2.31. The molecule has 0 bridgehead atoms. The molecule has 0 aliphatic heterocycles. The highest BCUT2D eigenvalue weighted by molar-refractivity contribution is 7.98. The minimum absolute atomic E-state index is 0.175. The minimum atomic E-state index is -0.589. The van der Waals surface area contributed by atoms with Crippen molar-refractivity contribution in [2.75, 3.05) is 20.0 Å². The normalized spacial score (nSPS) is 11.6. The van der Waals surface area contributed by atoms with E-state index in [0.29, 0.717) is 11.3 Å². The van der Waals surface area contributed by atoms with Crippen LogP contribution in [0, 0.1) is 13.8 Å². The monoisotopic (exact) mass is 387 g/mol. The molecule has 2 aromatic rings. The topological polar surface area (TPSA) is 64.6 Å². The molecule has 144 valence electrons. The molecule has 1 N–H and O–H groups in total. The Balaban J connectivity index is 1.94. The summed E-state index contributed by atoms with van der Waals surface area (Å²) in [7, 11) is 1.49. The molecule has 27 heavy (non-hydrogen) atoms. The number of carbonyl (C=O) groups excluding carboxylic acids is 2. The number of benzene rings is 2. The Hall–Kier alpha value is -2.47. The summed E-state index contributed by atoms with van der Waals surface area (Å²) in [5.74, 6) is -0.516. The van der Waals surface area contributed by atoms with Crippen LogP contribution < -0.4 is 10.1 Å². The van der Waals surface area contributed by atoms with Gasteiger partial charge in [0.1, 0.15) is 11.3 Å². The van der Waals surface area contributed by atoms with Crippen LogP contribution in [0.4, 0.5) is 0 Å². The van der Waals surface area contributed by atoms with Gasteiger partial charge in [-0.05, 0) is 61.9 Å². The van der Waals surface area contributed by atoms with Crippen LogP contribution in [0.5, 0.6) is 5.75 Å². The summed E-state index contributed by atoms with van der Waals surface area (Å²) in [5.41, 5.74) is 3.67. The lowest BCUT2D eigenvalue weighted by Gasteiger charge is -2.16. The number of thioether (sulfide) groups is 1. The molecule has 5 nitrogen and oxygen atoms in total. The zero-order valence-electron chi connectivity index (χ0n) is 16.3. The van der Waals surface area contributed by atoms with E-state index in [9.17, 15) is 9.59 Å². The quantitative estimate of drug-likeness (QED) is 0.573. The van der Waals surface area contributed by atoms with E-state index >= 15 is 0 Å². The highest BCUT2D eigenvalue weighted by Gasteiger charge is 2.17. The summed E-state index contributed by atoms with van der Waals surface area (Å²) in [4.78, 5) is 25.4. The number of nitrogens with one attached hydrogen (secondary N) is 1. The van der Waals surface area contributed by atoms with Gasteiger partial charge < -0.3 is 14.8 Å². The first-order chi connectivity index (χ1) is 12.8. The Kier molecular flexibility index (Phi) is 7.30. The second-order valence-electron chi connectivity index (χ2n) is 6.28. The first-order valence-corrected chi connectivity index (χ1v) is 9.83. The third-order valence-corrected chi connectivity index (χ3v) is 5.10. The molecule has 0 heterocycles. The summed E-state index contributed by atoms with van der Waals surface area (Å²) in [6.45, 7) is 5.63. The van der Waals surface area contributed by atoms with E-state index in [1.165, 1.54) is 18.2 Å². The fraction of sp³-hybridized carbons (Fsp3) is 0.333. The van der Waals surface area contributed by atoms with Crippen LogP contribution in [0.15, 0.2) is 41.3 Å². The van der Waals surface area contributed by atoms with Gasteiger partial charge in [-0.25, -0.2) is 4.79 Å². The van der Waals surface area contributed by atoms with Crippen LogP contribution in [0.3, 0.4) is 0 Å². The number of ether oxygens (including phenoxy) is 2. The Morgan fingerprint density at radius 2 is 1.85 bits per heavy atom. The van der Waals surface area contributed by atoms with E-state index in [2.05, 4.69) is 5.32 Å². The van der Waals surface area contributed by atoms with Crippen molar-refractivity contribution >= 4 is 23.6 Å². The van der Waals surface area contributed by atoms with Crippen molar-refractivity contribution in [1.82, 2.24) is 5.32 Å². The lowest BCUT2D eigenvalue weighted by molar-refractivity contribution is -0.124. The summed E-state index contributed by atoms with van der Waals surface area (Å²) in [6.07, 6.45) is 1.94. The van der Waals surface area contributed by atoms with E-state index in [1.807, 2.05) is 51.3 Å². The van der Waals surface area contributed by atoms with Gasteiger partial charge in [0.25, 0.3) is 5.91 Å². The van der Waals surface area contributed by atoms with Gasteiger partial charge in [-0.2, -0.15) is 0 Å². The van der Waals surface area contributed by atoms with E-state index in [4.69, 9.17) is 9.47 Å². The van der Waals surface area contributed by atoms with E-state index in [-0.39, 0.29) is 18.6 Å². The van der Waals surface area contributed by atoms with Crippen molar-refractivity contribution in [2.24, 2.45) is 0 Å². The smallest absolute Gasteiger partial charge is 0.342 e. The van der Waals surface area contributed by atoms with Crippen molar-refractivity contribution < 1.29 is 19.1 Å². The molecule has 0 spiro atoms. The molecule has 1 atom stereocenters. The second kappa shape index (κ2) is 9.46. The highest BCUT2D eigenvalue weighted by atomic mass is 32.2. The van der Waals surface area contributed by atoms with Gasteiger partial charge in [-0.1, -0.05) is 18.2 Å². The number of hydrogen-bond acceptors (Lipinski definition) is 5. The van der Waals surface area contributed by atoms with Crippen molar-refractivity contribution in [3.63, 3.8) is 0 Å². The molecule has 0 radical (unpaired) electrons. The summed E-state index contributed by atoms with van der Waals surface area (Å²) >= 11 is 1.55. The Labute approximate surface area is 164 Å². The molecule has 0 aliphatic carbocycles. The number of esters is 1. The predicted octanol–water partition coefficient (Wildman–Crippen LogP) is 4.07. The van der Waals surface area contributed by atoms with Crippen LogP contribution in [0.2, 0.25) is 0 Å². The van der Waals surface area contributed by atoms with Crippen molar-refractivity contribution in [3.05, 3.63) is 58.7 Å². The Bertz CT molecular complexity index is 835. The fourth-order valence-electron chi connectivity index (χ4n) is 2.58. The molecule has 6 heteroatoms. The lowest BCUT2D eigenvalue weighted by atomic mass is 10.0. The van der Waals surface area contributed by atoms with Crippen LogP contribution in [-0.4, -0.2) is 31.8 Å². The molecule has 2 aromatic carbocycles. The second-order valence-corrected chi connectivity index (χ2v) is 7.15. The largest absolute Gasteiger partial charge is 0.496 e. The maximum atomic E-state index is 12.3. The zero-order valence-corrected chi connectivity index (χ0v) is 17.1. The van der Waals surface area contributed by atoms with Gasteiger partial charge in [0.05, 0.1) is 13.2 Å². The third kappa shape index (κ3) is 5.50. The minimum Gasteiger partial charge on any atom is -0.496 e. The summed E-state index contributed by atoms with van der Waals surface area (Å²) in [5, 5.41) is 2.85. The number of carbonyl (C=O) groups is 2. The standard InChI is InChI=1S/C21H25NO4S/c1-13-6-7-16(10-14(13)2)15(3)22-20(23)12-26-21(24)18-9-8-17(27-5)11-19(18)25-4/h6-11,15H,12H2,1-5H3,(H,22,23)/t15-/m1/s1. The first-order valence-electron chi connectivity index (χ1n) is 8.61. The van der Waals surface area contributed by atoms with E-state index < -0.39 is 5.97 Å². The maximum Gasteiger partial charge on any atom is 0.342 e. The van der Waals surface area contributed by atoms with Gasteiger partial charge in [0, 0.05) is 4.90 Å². The van der Waals surface area contributed by atoms with Gasteiger partial charge in [0.15, 0.2) is 6.61 Å². The van der Waals surface area contributed by atoms with E-state index in [0.717, 1.165) is 10.5 Å². The summed E-state index contributed by atoms with van der Waals surface area (Å²) < 4.78 is 10.4. The molecule has 2 rings (SSSR count). The SMILES string of the molecule is COc1cc(SC)ccc1C(=O)OCC(=O)N[C@H](C)c1ccc(C)c(C)c1. The Morgan fingerprint density at radius 3 is 2.48 bits per heavy atom. The molecular formula is C21H25NO4S. The third-order valence-electron chi connectivity index (χ3n) is 4.37. The number of methoxy groups -OCH3 is 1. The van der Waals surface area contributed by atoms with Crippen LogP contribution in [0.1, 0.15) is 40.0 Å². The number of rotatable bonds is 7. The maximum absolute atomic E-state index is 12.3. The highest BCUT2D eigenvalue weighted by Crippen LogP contribution is 2.26. The van der Waals surface area contributed by atoms with Crippen LogP contribution in [0.25, 0.3) is 0 Å². The van der Waals surface area contributed by atoms with Gasteiger partial charge in [-0.15, -0.1) is 11.8 Å². The fourth-order valence-corrected chi connectivity index (χ4v) is 3.01. The van der Waals surface area contributed by atoms with Gasteiger partial charge >= 0.3 is 5.97 Å². The molecule has 0 fully saturated rings. The van der Waals surface area contributed by atoms with E-state index in [1.54, 1.807) is 23.9 Å². The summed E-state index contributed by atoms with van der Waals surface area (Å²) in [6, 6.07) is 11.1. The van der Waals surface area contributed by atoms with Crippen molar-refractivity contribution in [3.8, 4) is 5.75 Å². The number of aryl methyl sites for hydroxylation is 2. The predicted molar refractivity (Wildman–Crippen MR) is 108 cm³/mol. The molecule has 0 saturated heterocycles. The molecule has 0 aromatic heterocycles. The van der Waals surface area contributed by atoms with Crippen LogP contribution >= 0.6 is 11.8 Å². The van der Waals surface area contributed by atoms with Crippen LogP contribution in [-0.2, 0) is 9.53 Å². The molecule has 0 saturated carbocycles. The average molecular weight is 388 g/mol. The molecule has 1 amide bonds. The van der Waals surface area contributed by atoms with Gasteiger partial charge in [0.2, 0.25) is 0 Å². The zero-order chi connectivity index (χ0) is 20.0. The molecule has 0 unspecified atom stereocenters. The molecule has 0 aliphatic rings.